The van der Waals surface area contributed by atoms with Crippen LogP contribution in [0.2, 0.25) is 0 Å². The molecule has 3 atom stereocenters. The van der Waals surface area contributed by atoms with E-state index < -0.39 is 15.9 Å². The van der Waals surface area contributed by atoms with E-state index in [0.717, 1.165) is 30.6 Å². The zero-order valence-electron chi connectivity index (χ0n) is 12.7. The van der Waals surface area contributed by atoms with Gasteiger partial charge in [0.05, 0.1) is 17.5 Å². The van der Waals surface area contributed by atoms with Crippen LogP contribution in [0.25, 0.3) is 0 Å². The van der Waals surface area contributed by atoms with Crippen molar-refractivity contribution in [2.45, 2.75) is 56.5 Å². The SMILES string of the molecule is CC[C@@H](O)c1ccc(OC2CCCC(S(C)(=O)=O)C2)cc1. The normalized spacial score (nSPS) is 24.5. The van der Waals surface area contributed by atoms with Crippen LogP contribution >= 0.6 is 0 Å². The van der Waals surface area contributed by atoms with E-state index in [2.05, 4.69) is 0 Å². The molecule has 0 aliphatic heterocycles. The van der Waals surface area contributed by atoms with Gasteiger partial charge in [-0.1, -0.05) is 19.1 Å². The lowest BCUT2D eigenvalue weighted by molar-refractivity contribution is 0.155. The molecule has 0 bridgehead atoms. The van der Waals surface area contributed by atoms with Crippen molar-refractivity contribution in [1.29, 1.82) is 0 Å². The highest BCUT2D eigenvalue weighted by atomic mass is 32.2. The maximum absolute atomic E-state index is 11.7. The molecule has 0 heterocycles. The quantitative estimate of drug-likeness (QED) is 0.908. The van der Waals surface area contributed by atoms with Gasteiger partial charge in [-0.2, -0.15) is 0 Å². The fourth-order valence-corrected chi connectivity index (χ4v) is 3.95. The van der Waals surface area contributed by atoms with Gasteiger partial charge in [0.25, 0.3) is 0 Å². The molecule has 118 valence electrons. The Balaban J connectivity index is 1.98. The van der Waals surface area contributed by atoms with E-state index in [-0.39, 0.29) is 11.4 Å². The second kappa shape index (κ2) is 6.79. The largest absolute Gasteiger partial charge is 0.490 e. The Hall–Kier alpha value is -1.07. The first kappa shape index (κ1) is 16.3. The van der Waals surface area contributed by atoms with Gasteiger partial charge >= 0.3 is 0 Å². The van der Waals surface area contributed by atoms with Gasteiger partial charge in [-0.15, -0.1) is 0 Å². The molecule has 1 aliphatic rings. The Morgan fingerprint density at radius 3 is 2.52 bits per heavy atom. The summed E-state index contributed by atoms with van der Waals surface area (Å²) in [4.78, 5) is 0. The standard InChI is InChI=1S/C16H24O4S/c1-3-16(17)12-7-9-13(10-8-12)20-14-5-4-6-15(11-14)21(2,18)19/h7-10,14-17H,3-6,11H2,1-2H3/t14?,15?,16-/m1/s1. The zero-order chi connectivity index (χ0) is 15.5. The van der Waals surface area contributed by atoms with Crippen LogP contribution in [0.5, 0.6) is 5.75 Å². The van der Waals surface area contributed by atoms with Crippen LogP contribution in [0, 0.1) is 0 Å². The minimum Gasteiger partial charge on any atom is -0.490 e. The van der Waals surface area contributed by atoms with Crippen LogP contribution in [0.3, 0.4) is 0 Å². The van der Waals surface area contributed by atoms with Crippen molar-refractivity contribution >= 4 is 9.84 Å². The number of hydrogen-bond donors (Lipinski definition) is 1. The highest BCUT2D eigenvalue weighted by Crippen LogP contribution is 2.28. The smallest absolute Gasteiger partial charge is 0.150 e. The van der Waals surface area contributed by atoms with Gasteiger partial charge < -0.3 is 9.84 Å². The van der Waals surface area contributed by atoms with E-state index in [9.17, 15) is 13.5 Å². The van der Waals surface area contributed by atoms with Crippen LogP contribution < -0.4 is 4.74 Å². The Bertz CT molecular complexity index is 550. The van der Waals surface area contributed by atoms with Gasteiger partial charge in [0.1, 0.15) is 15.6 Å². The van der Waals surface area contributed by atoms with Crippen molar-refractivity contribution in [1.82, 2.24) is 0 Å². The Labute approximate surface area is 127 Å². The van der Waals surface area contributed by atoms with Crippen molar-refractivity contribution in [2.24, 2.45) is 0 Å². The molecule has 21 heavy (non-hydrogen) atoms. The number of aliphatic hydroxyl groups excluding tert-OH is 1. The third-order valence-corrected chi connectivity index (χ3v) is 5.78. The molecule has 1 aromatic carbocycles. The summed E-state index contributed by atoms with van der Waals surface area (Å²) >= 11 is 0. The molecule has 2 rings (SSSR count). The average molecular weight is 312 g/mol. The second-order valence-corrected chi connectivity index (χ2v) is 8.18. The molecule has 2 unspecified atom stereocenters. The summed E-state index contributed by atoms with van der Waals surface area (Å²) in [5, 5.41) is 9.48. The van der Waals surface area contributed by atoms with E-state index in [1.54, 1.807) is 0 Å². The Morgan fingerprint density at radius 1 is 1.29 bits per heavy atom. The lowest BCUT2D eigenvalue weighted by Gasteiger charge is -2.28. The van der Waals surface area contributed by atoms with Crippen LogP contribution in [0.15, 0.2) is 24.3 Å². The summed E-state index contributed by atoms with van der Waals surface area (Å²) in [6.45, 7) is 1.93. The minimum absolute atomic E-state index is 0.0413. The maximum atomic E-state index is 11.7. The first-order valence-electron chi connectivity index (χ1n) is 7.53. The Morgan fingerprint density at radius 2 is 1.95 bits per heavy atom. The topological polar surface area (TPSA) is 63.6 Å². The molecule has 0 radical (unpaired) electrons. The van der Waals surface area contributed by atoms with Crippen LogP contribution in [-0.4, -0.2) is 31.1 Å². The van der Waals surface area contributed by atoms with Crippen molar-refractivity contribution in [3.05, 3.63) is 29.8 Å². The second-order valence-electron chi connectivity index (χ2n) is 5.85. The number of sulfone groups is 1. The Kier molecular flexibility index (Phi) is 5.27. The summed E-state index contributed by atoms with van der Waals surface area (Å²) in [5.41, 5.74) is 0.877. The van der Waals surface area contributed by atoms with Gasteiger partial charge in [0, 0.05) is 12.7 Å². The molecule has 1 fully saturated rings. The highest BCUT2D eigenvalue weighted by Gasteiger charge is 2.29. The van der Waals surface area contributed by atoms with E-state index in [0.29, 0.717) is 12.8 Å². The molecule has 0 aromatic heterocycles. The number of aliphatic hydroxyl groups is 1. The number of rotatable bonds is 5. The molecule has 1 aliphatic carbocycles. The van der Waals surface area contributed by atoms with Crippen LogP contribution in [0.4, 0.5) is 0 Å². The monoisotopic (exact) mass is 312 g/mol. The van der Waals surface area contributed by atoms with Crippen molar-refractivity contribution in [2.75, 3.05) is 6.26 Å². The van der Waals surface area contributed by atoms with Crippen molar-refractivity contribution in [3.63, 3.8) is 0 Å². The average Bonchev–Trinajstić information content (AvgIpc) is 2.47. The fraction of sp³-hybridized carbons (Fsp3) is 0.625. The summed E-state index contributed by atoms with van der Waals surface area (Å²) in [7, 11) is -2.99. The molecule has 0 spiro atoms. The van der Waals surface area contributed by atoms with E-state index in [1.807, 2.05) is 31.2 Å². The lowest BCUT2D eigenvalue weighted by atomic mass is 9.97. The predicted octanol–water partition coefficient (Wildman–Crippen LogP) is 2.86. The van der Waals surface area contributed by atoms with Gasteiger partial charge in [0.2, 0.25) is 0 Å². The van der Waals surface area contributed by atoms with Gasteiger partial charge in [-0.05, 0) is 43.4 Å². The van der Waals surface area contributed by atoms with E-state index in [1.165, 1.54) is 6.26 Å². The van der Waals surface area contributed by atoms with E-state index >= 15 is 0 Å². The summed E-state index contributed by atoms with van der Waals surface area (Å²) in [6, 6.07) is 7.41. The first-order valence-corrected chi connectivity index (χ1v) is 9.49. The first-order chi connectivity index (χ1) is 9.90. The molecule has 1 aromatic rings. The molecule has 1 saturated carbocycles. The molecular weight excluding hydrogens is 288 g/mol. The third kappa shape index (κ3) is 4.45. The summed E-state index contributed by atoms with van der Waals surface area (Å²) in [6.07, 6.45) is 4.59. The van der Waals surface area contributed by atoms with Crippen LogP contribution in [0.1, 0.15) is 50.7 Å². The molecule has 0 amide bonds. The number of ether oxygens (including phenoxy) is 1. The lowest BCUT2D eigenvalue weighted by Crippen LogP contribution is -2.33. The minimum atomic E-state index is -2.99. The van der Waals surface area contributed by atoms with Gasteiger partial charge in [0.15, 0.2) is 0 Å². The number of hydrogen-bond acceptors (Lipinski definition) is 4. The summed E-state index contributed by atoms with van der Waals surface area (Å²) < 4.78 is 29.2. The molecule has 1 N–H and O–H groups in total. The molecule has 0 saturated heterocycles. The highest BCUT2D eigenvalue weighted by molar-refractivity contribution is 7.91. The summed E-state index contributed by atoms with van der Waals surface area (Å²) in [5.74, 6) is 0.737. The molecule has 5 heteroatoms. The fourth-order valence-electron chi connectivity index (χ4n) is 2.79. The third-order valence-electron chi connectivity index (χ3n) is 4.14. The van der Waals surface area contributed by atoms with E-state index in [4.69, 9.17) is 4.74 Å². The number of benzene rings is 1. The van der Waals surface area contributed by atoms with Crippen molar-refractivity contribution < 1.29 is 18.3 Å². The molecular formula is C16H24O4S. The van der Waals surface area contributed by atoms with Crippen molar-refractivity contribution in [3.8, 4) is 5.75 Å². The van der Waals surface area contributed by atoms with Crippen LogP contribution in [-0.2, 0) is 9.84 Å². The maximum Gasteiger partial charge on any atom is 0.150 e. The molecule has 4 nitrogen and oxygen atoms in total. The van der Waals surface area contributed by atoms with Gasteiger partial charge in [-0.3, -0.25) is 0 Å². The van der Waals surface area contributed by atoms with Gasteiger partial charge in [-0.25, -0.2) is 8.42 Å². The predicted molar refractivity (Wildman–Crippen MR) is 83.2 cm³/mol. The zero-order valence-corrected chi connectivity index (χ0v) is 13.5.